The number of halogens is 1. The number of nitrogens with zero attached hydrogens (tertiary/aromatic N) is 1. The Morgan fingerprint density at radius 3 is 2.60 bits per heavy atom. The van der Waals surface area contributed by atoms with Crippen LogP contribution in [0, 0.1) is 13.8 Å². The van der Waals surface area contributed by atoms with Gasteiger partial charge in [-0.25, -0.2) is 0 Å². The number of aryl methyl sites for hydroxylation is 2. The summed E-state index contributed by atoms with van der Waals surface area (Å²) >= 11 is 6.17. The maximum Gasteiger partial charge on any atom is 0.150 e. The van der Waals surface area contributed by atoms with Crippen molar-refractivity contribution in [3.05, 3.63) is 52.3 Å². The summed E-state index contributed by atoms with van der Waals surface area (Å²) < 4.78 is 5.96. The molecular formula is C16H19ClN2O. The molecule has 0 saturated heterocycles. The van der Waals surface area contributed by atoms with Crippen LogP contribution in [0.4, 0.5) is 0 Å². The van der Waals surface area contributed by atoms with E-state index in [9.17, 15) is 0 Å². The van der Waals surface area contributed by atoms with Crippen LogP contribution in [-0.4, -0.2) is 11.5 Å². The molecule has 4 heteroatoms. The summed E-state index contributed by atoms with van der Waals surface area (Å²) in [5, 5.41) is 4.08. The van der Waals surface area contributed by atoms with E-state index in [1.165, 1.54) is 0 Å². The highest BCUT2D eigenvalue weighted by atomic mass is 35.5. The summed E-state index contributed by atoms with van der Waals surface area (Å²) in [5.41, 5.74) is 3.12. The second-order valence-electron chi connectivity index (χ2n) is 4.74. The molecule has 0 bridgehead atoms. The lowest BCUT2D eigenvalue weighted by molar-refractivity contribution is 0.470. The van der Waals surface area contributed by atoms with Gasteiger partial charge in [0.25, 0.3) is 0 Å². The molecule has 0 aliphatic carbocycles. The lowest BCUT2D eigenvalue weighted by Gasteiger charge is -2.13. The van der Waals surface area contributed by atoms with Gasteiger partial charge in [0, 0.05) is 23.3 Å². The fourth-order valence-electron chi connectivity index (χ4n) is 2.00. The van der Waals surface area contributed by atoms with E-state index in [0.29, 0.717) is 0 Å². The molecule has 2 aromatic rings. The molecule has 0 unspecified atom stereocenters. The van der Waals surface area contributed by atoms with Gasteiger partial charge in [-0.1, -0.05) is 18.5 Å². The van der Waals surface area contributed by atoms with E-state index in [2.05, 4.69) is 17.2 Å². The third kappa shape index (κ3) is 3.50. The Morgan fingerprint density at radius 2 is 1.95 bits per heavy atom. The largest absolute Gasteiger partial charge is 0.455 e. The van der Waals surface area contributed by atoms with Crippen LogP contribution < -0.4 is 10.1 Å². The normalized spacial score (nSPS) is 10.6. The number of aromatic nitrogens is 1. The Labute approximate surface area is 124 Å². The molecule has 106 valence electrons. The van der Waals surface area contributed by atoms with E-state index < -0.39 is 0 Å². The Balaban J connectivity index is 2.26. The van der Waals surface area contributed by atoms with Crippen molar-refractivity contribution in [3.63, 3.8) is 0 Å². The van der Waals surface area contributed by atoms with Gasteiger partial charge >= 0.3 is 0 Å². The van der Waals surface area contributed by atoms with E-state index >= 15 is 0 Å². The van der Waals surface area contributed by atoms with Gasteiger partial charge in [0.05, 0.1) is 6.20 Å². The maximum absolute atomic E-state index is 6.17. The van der Waals surface area contributed by atoms with Gasteiger partial charge in [-0.2, -0.15) is 0 Å². The first-order valence-electron chi connectivity index (χ1n) is 6.70. The highest BCUT2D eigenvalue weighted by Crippen LogP contribution is 2.30. The Bertz CT molecular complexity index is 576. The van der Waals surface area contributed by atoms with Crippen LogP contribution >= 0.6 is 11.6 Å². The van der Waals surface area contributed by atoms with E-state index in [1.54, 1.807) is 12.4 Å². The fourth-order valence-corrected chi connectivity index (χ4v) is 2.11. The van der Waals surface area contributed by atoms with Crippen molar-refractivity contribution in [3.8, 4) is 11.5 Å². The average Bonchev–Trinajstić information content (AvgIpc) is 2.44. The molecular weight excluding hydrogens is 272 g/mol. The average molecular weight is 291 g/mol. The summed E-state index contributed by atoms with van der Waals surface area (Å²) in [4.78, 5) is 4.13. The second-order valence-corrected chi connectivity index (χ2v) is 5.11. The minimum absolute atomic E-state index is 0.764. The number of rotatable bonds is 5. The molecule has 20 heavy (non-hydrogen) atoms. The predicted molar refractivity (Wildman–Crippen MR) is 82.6 cm³/mol. The van der Waals surface area contributed by atoms with Crippen molar-refractivity contribution in [2.24, 2.45) is 0 Å². The van der Waals surface area contributed by atoms with Crippen molar-refractivity contribution in [2.75, 3.05) is 6.54 Å². The monoisotopic (exact) mass is 290 g/mol. The number of nitrogens with one attached hydrogen (secondary N) is 1. The van der Waals surface area contributed by atoms with Crippen molar-refractivity contribution in [1.82, 2.24) is 10.3 Å². The van der Waals surface area contributed by atoms with Crippen LogP contribution in [0.25, 0.3) is 0 Å². The molecule has 1 aromatic heterocycles. The van der Waals surface area contributed by atoms with Gasteiger partial charge in [-0.05, 0) is 49.7 Å². The molecule has 1 aromatic carbocycles. The third-order valence-electron chi connectivity index (χ3n) is 3.07. The molecule has 0 saturated carbocycles. The Morgan fingerprint density at radius 1 is 1.25 bits per heavy atom. The molecule has 0 radical (unpaired) electrons. The van der Waals surface area contributed by atoms with Gasteiger partial charge < -0.3 is 10.1 Å². The second kappa shape index (κ2) is 6.73. The first-order chi connectivity index (χ1) is 9.61. The van der Waals surface area contributed by atoms with Gasteiger partial charge in [0.2, 0.25) is 0 Å². The topological polar surface area (TPSA) is 34.2 Å². The van der Waals surface area contributed by atoms with Crippen molar-refractivity contribution in [2.45, 2.75) is 27.3 Å². The molecule has 0 aliphatic rings. The van der Waals surface area contributed by atoms with Crippen LogP contribution in [0.5, 0.6) is 11.5 Å². The van der Waals surface area contributed by atoms with Crippen LogP contribution in [0.3, 0.4) is 0 Å². The first-order valence-corrected chi connectivity index (χ1v) is 7.07. The molecule has 0 atom stereocenters. The molecule has 1 N–H and O–H groups in total. The number of benzene rings is 1. The van der Waals surface area contributed by atoms with Crippen molar-refractivity contribution < 1.29 is 4.74 Å². The minimum Gasteiger partial charge on any atom is -0.455 e. The standard InChI is InChI=1S/C16H19ClN2O/c1-4-18-9-13-5-6-19-10-15(13)20-14-7-11(2)16(17)12(3)8-14/h5-8,10,18H,4,9H2,1-3H3. The fraction of sp³-hybridized carbons (Fsp3) is 0.312. The number of hydrogen-bond donors (Lipinski definition) is 1. The Hall–Kier alpha value is -1.58. The number of pyridine rings is 1. The van der Waals surface area contributed by atoms with E-state index in [0.717, 1.165) is 46.3 Å². The molecule has 0 amide bonds. The van der Waals surface area contributed by atoms with Crippen molar-refractivity contribution in [1.29, 1.82) is 0 Å². The first kappa shape index (κ1) is 14.8. The van der Waals surface area contributed by atoms with Crippen LogP contribution in [0.15, 0.2) is 30.6 Å². The van der Waals surface area contributed by atoms with Gasteiger partial charge in [0.1, 0.15) is 11.5 Å². The predicted octanol–water partition coefficient (Wildman–Crippen LogP) is 4.25. The summed E-state index contributed by atoms with van der Waals surface area (Å²) in [6, 6.07) is 5.85. The van der Waals surface area contributed by atoms with Gasteiger partial charge in [-0.3, -0.25) is 4.98 Å². The van der Waals surface area contributed by atoms with Gasteiger partial charge in [0.15, 0.2) is 0 Å². The zero-order valence-electron chi connectivity index (χ0n) is 12.0. The smallest absolute Gasteiger partial charge is 0.150 e. The molecule has 0 fully saturated rings. The van der Waals surface area contributed by atoms with Gasteiger partial charge in [-0.15, -0.1) is 0 Å². The molecule has 0 aliphatic heterocycles. The summed E-state index contributed by atoms with van der Waals surface area (Å²) in [6.07, 6.45) is 3.52. The summed E-state index contributed by atoms with van der Waals surface area (Å²) in [6.45, 7) is 7.71. The lowest BCUT2D eigenvalue weighted by atomic mass is 10.1. The number of hydrogen-bond acceptors (Lipinski definition) is 3. The summed E-state index contributed by atoms with van der Waals surface area (Å²) in [7, 11) is 0. The maximum atomic E-state index is 6.17. The molecule has 3 nitrogen and oxygen atoms in total. The van der Waals surface area contributed by atoms with E-state index in [4.69, 9.17) is 16.3 Å². The van der Waals surface area contributed by atoms with E-state index in [1.807, 2.05) is 32.0 Å². The van der Waals surface area contributed by atoms with Crippen LogP contribution in [-0.2, 0) is 6.54 Å². The molecule has 0 spiro atoms. The number of ether oxygens (including phenoxy) is 1. The van der Waals surface area contributed by atoms with Crippen LogP contribution in [0.1, 0.15) is 23.6 Å². The minimum atomic E-state index is 0.764. The SMILES string of the molecule is CCNCc1ccncc1Oc1cc(C)c(Cl)c(C)c1. The Kier molecular flexibility index (Phi) is 4.99. The quantitative estimate of drug-likeness (QED) is 0.894. The molecule has 1 heterocycles. The summed E-state index contributed by atoms with van der Waals surface area (Å²) in [5.74, 6) is 1.56. The van der Waals surface area contributed by atoms with Crippen molar-refractivity contribution >= 4 is 11.6 Å². The highest BCUT2D eigenvalue weighted by molar-refractivity contribution is 6.32. The zero-order chi connectivity index (χ0) is 14.5. The van der Waals surface area contributed by atoms with Crippen LogP contribution in [0.2, 0.25) is 5.02 Å². The lowest BCUT2D eigenvalue weighted by Crippen LogP contribution is -2.12. The highest BCUT2D eigenvalue weighted by Gasteiger charge is 2.08. The third-order valence-corrected chi connectivity index (χ3v) is 3.67. The molecule has 2 rings (SSSR count). The zero-order valence-corrected chi connectivity index (χ0v) is 12.8. The van der Waals surface area contributed by atoms with E-state index in [-0.39, 0.29) is 0 Å².